The predicted octanol–water partition coefficient (Wildman–Crippen LogP) is 3.23. The van der Waals surface area contributed by atoms with Crippen LogP contribution in [0.25, 0.3) is 0 Å². The van der Waals surface area contributed by atoms with Gasteiger partial charge < -0.3 is 9.84 Å². The number of aromatic carboxylic acids is 1. The maximum absolute atomic E-state index is 11.7. The van der Waals surface area contributed by atoms with Crippen molar-refractivity contribution in [3.05, 3.63) is 53.1 Å². The first-order valence-corrected chi connectivity index (χ1v) is 8.05. The highest BCUT2D eigenvalue weighted by Gasteiger charge is 2.16. The van der Waals surface area contributed by atoms with Crippen molar-refractivity contribution in [1.82, 2.24) is 0 Å². The van der Waals surface area contributed by atoms with Crippen LogP contribution in [0.1, 0.15) is 10.4 Å². The van der Waals surface area contributed by atoms with E-state index in [-0.39, 0.29) is 27.0 Å². The number of carbonyl (C=O) groups is 1. The highest BCUT2D eigenvalue weighted by Crippen LogP contribution is 2.31. The monoisotopic (exact) mass is 326 g/mol. The van der Waals surface area contributed by atoms with Crippen LogP contribution in [0.15, 0.2) is 47.4 Å². The van der Waals surface area contributed by atoms with Crippen LogP contribution in [0.2, 0.25) is 5.02 Å². The summed E-state index contributed by atoms with van der Waals surface area (Å²) in [6.07, 6.45) is 1.04. The summed E-state index contributed by atoms with van der Waals surface area (Å²) in [7, 11) is -3.53. The van der Waals surface area contributed by atoms with Crippen molar-refractivity contribution < 1.29 is 23.1 Å². The number of ether oxygens (including phenoxy) is 1. The topological polar surface area (TPSA) is 80.7 Å². The van der Waals surface area contributed by atoms with Crippen molar-refractivity contribution >= 4 is 27.4 Å². The second-order valence-corrected chi connectivity index (χ2v) is 6.72. The quantitative estimate of drug-likeness (QED) is 0.932. The lowest BCUT2D eigenvalue weighted by molar-refractivity contribution is 0.0696. The summed E-state index contributed by atoms with van der Waals surface area (Å²) in [6.45, 7) is 0. The Balaban J connectivity index is 2.45. The van der Waals surface area contributed by atoms with E-state index in [1.807, 2.05) is 0 Å². The summed E-state index contributed by atoms with van der Waals surface area (Å²) in [6, 6.07) is 9.96. The molecular formula is C14H11ClO5S. The minimum atomic E-state index is -3.53. The normalized spacial score (nSPS) is 11.1. The molecule has 7 heteroatoms. The molecule has 0 fully saturated rings. The second-order valence-electron chi connectivity index (χ2n) is 4.30. The van der Waals surface area contributed by atoms with Crippen LogP contribution in [0.5, 0.6) is 11.5 Å². The molecule has 1 N–H and O–H groups in total. The average Bonchev–Trinajstić information content (AvgIpc) is 2.40. The van der Waals surface area contributed by atoms with Gasteiger partial charge in [0.15, 0.2) is 9.84 Å². The molecule has 0 aliphatic heterocycles. The largest absolute Gasteiger partial charge is 0.478 e. The van der Waals surface area contributed by atoms with E-state index >= 15 is 0 Å². The van der Waals surface area contributed by atoms with Crippen LogP contribution >= 0.6 is 11.6 Å². The van der Waals surface area contributed by atoms with Gasteiger partial charge in [-0.3, -0.25) is 0 Å². The van der Waals surface area contributed by atoms with Crippen LogP contribution in [-0.2, 0) is 9.84 Å². The second kappa shape index (κ2) is 5.75. The van der Waals surface area contributed by atoms with E-state index in [2.05, 4.69) is 0 Å². The summed E-state index contributed by atoms with van der Waals surface area (Å²) in [5.74, 6) is -0.786. The molecule has 110 valence electrons. The Morgan fingerprint density at radius 3 is 2.52 bits per heavy atom. The molecule has 0 aliphatic carbocycles. The molecule has 0 unspecified atom stereocenters. The fraction of sp³-hybridized carbons (Fsp3) is 0.0714. The number of benzene rings is 2. The summed E-state index contributed by atoms with van der Waals surface area (Å²) in [5, 5.41) is 9.19. The lowest BCUT2D eigenvalue weighted by Crippen LogP contribution is -2.01. The summed E-state index contributed by atoms with van der Waals surface area (Å²) < 4.78 is 29.0. The van der Waals surface area contributed by atoms with Crippen molar-refractivity contribution in [2.45, 2.75) is 4.90 Å². The molecule has 0 spiro atoms. The maximum atomic E-state index is 11.7. The van der Waals surface area contributed by atoms with Crippen LogP contribution in [0.4, 0.5) is 0 Å². The van der Waals surface area contributed by atoms with Crippen LogP contribution in [0, 0.1) is 0 Å². The Morgan fingerprint density at radius 2 is 1.90 bits per heavy atom. The molecule has 0 aromatic heterocycles. The third-order valence-electron chi connectivity index (χ3n) is 2.61. The van der Waals surface area contributed by atoms with Crippen LogP contribution < -0.4 is 4.74 Å². The van der Waals surface area contributed by atoms with Gasteiger partial charge in [-0.2, -0.15) is 0 Å². The van der Waals surface area contributed by atoms with Gasteiger partial charge in [0.2, 0.25) is 0 Å². The third-order valence-corrected chi connectivity index (χ3v) is 3.97. The molecule has 0 saturated carbocycles. The van der Waals surface area contributed by atoms with Gasteiger partial charge in [-0.05, 0) is 36.4 Å². The average molecular weight is 327 g/mol. The molecule has 2 aromatic rings. The Bertz CT molecular complexity index is 799. The maximum Gasteiger partial charge on any atom is 0.335 e. The van der Waals surface area contributed by atoms with E-state index in [1.54, 1.807) is 0 Å². The molecule has 5 nitrogen and oxygen atoms in total. The zero-order valence-electron chi connectivity index (χ0n) is 10.9. The zero-order valence-corrected chi connectivity index (χ0v) is 12.5. The molecule has 0 aliphatic rings. The van der Waals surface area contributed by atoms with Crippen LogP contribution in [0.3, 0.4) is 0 Å². The van der Waals surface area contributed by atoms with Crippen LogP contribution in [-0.4, -0.2) is 25.7 Å². The fourth-order valence-corrected chi connectivity index (χ4v) is 2.73. The summed E-state index contributed by atoms with van der Waals surface area (Å²) in [4.78, 5) is 10.8. The van der Waals surface area contributed by atoms with E-state index in [0.29, 0.717) is 0 Å². The molecule has 0 heterocycles. The van der Waals surface area contributed by atoms with Gasteiger partial charge in [-0.1, -0.05) is 17.7 Å². The van der Waals surface area contributed by atoms with Gasteiger partial charge in [0, 0.05) is 11.3 Å². The molecule has 0 amide bonds. The number of carboxylic acids is 1. The lowest BCUT2D eigenvalue weighted by atomic mass is 10.2. The van der Waals surface area contributed by atoms with Gasteiger partial charge in [0.05, 0.1) is 5.56 Å². The molecule has 2 aromatic carbocycles. The van der Waals surface area contributed by atoms with E-state index in [9.17, 15) is 13.2 Å². The lowest BCUT2D eigenvalue weighted by Gasteiger charge is -2.10. The first kappa shape index (κ1) is 15.3. The number of rotatable bonds is 4. The number of carboxylic acid groups (broad SMARTS) is 1. The minimum Gasteiger partial charge on any atom is -0.478 e. The Kier molecular flexibility index (Phi) is 4.20. The Labute approximate surface area is 126 Å². The van der Waals surface area contributed by atoms with Gasteiger partial charge in [-0.25, -0.2) is 13.2 Å². The number of hydrogen-bond acceptors (Lipinski definition) is 4. The molecule has 0 bridgehead atoms. The molecular weight excluding hydrogens is 316 g/mol. The molecule has 2 rings (SSSR count). The standard InChI is InChI=1S/C14H11ClO5S/c1-21(18,19)13-8-10(15)5-6-12(13)20-11-4-2-3-9(7-11)14(16)17/h2-8H,1H3,(H,16,17). The van der Waals surface area contributed by atoms with Gasteiger partial charge in [0.1, 0.15) is 16.4 Å². The molecule has 0 atom stereocenters. The highest BCUT2D eigenvalue weighted by atomic mass is 35.5. The van der Waals surface area contributed by atoms with Gasteiger partial charge in [-0.15, -0.1) is 0 Å². The first-order valence-electron chi connectivity index (χ1n) is 5.78. The molecule has 0 saturated heterocycles. The Hall–Kier alpha value is -2.05. The van der Waals surface area contributed by atoms with E-state index in [0.717, 1.165) is 6.26 Å². The van der Waals surface area contributed by atoms with Crippen molar-refractivity contribution in [3.63, 3.8) is 0 Å². The first-order chi connectivity index (χ1) is 9.77. The summed E-state index contributed by atoms with van der Waals surface area (Å²) >= 11 is 5.79. The van der Waals surface area contributed by atoms with Gasteiger partial charge >= 0.3 is 5.97 Å². The SMILES string of the molecule is CS(=O)(=O)c1cc(Cl)ccc1Oc1cccc(C(=O)O)c1. The van der Waals surface area contributed by atoms with Crippen molar-refractivity contribution in [2.75, 3.05) is 6.26 Å². The third kappa shape index (κ3) is 3.74. The molecule has 0 radical (unpaired) electrons. The predicted molar refractivity (Wildman–Crippen MR) is 78.0 cm³/mol. The number of sulfone groups is 1. The summed E-state index contributed by atoms with van der Waals surface area (Å²) in [5.41, 5.74) is 0.0439. The smallest absolute Gasteiger partial charge is 0.335 e. The van der Waals surface area contributed by atoms with E-state index in [4.69, 9.17) is 21.4 Å². The minimum absolute atomic E-state index is 0.0439. The van der Waals surface area contributed by atoms with E-state index < -0.39 is 15.8 Å². The van der Waals surface area contributed by atoms with Crippen molar-refractivity contribution in [3.8, 4) is 11.5 Å². The highest BCUT2D eigenvalue weighted by molar-refractivity contribution is 7.90. The van der Waals surface area contributed by atoms with E-state index in [1.165, 1.54) is 42.5 Å². The zero-order chi connectivity index (χ0) is 15.6. The van der Waals surface area contributed by atoms with Gasteiger partial charge in [0.25, 0.3) is 0 Å². The number of hydrogen-bond donors (Lipinski definition) is 1. The number of halogens is 1. The Morgan fingerprint density at radius 1 is 1.19 bits per heavy atom. The van der Waals surface area contributed by atoms with Crippen molar-refractivity contribution in [1.29, 1.82) is 0 Å². The fourth-order valence-electron chi connectivity index (χ4n) is 1.68. The van der Waals surface area contributed by atoms with Crippen molar-refractivity contribution in [2.24, 2.45) is 0 Å². The molecule has 21 heavy (non-hydrogen) atoms.